The van der Waals surface area contributed by atoms with Gasteiger partial charge in [0, 0.05) is 6.42 Å². The van der Waals surface area contributed by atoms with Crippen molar-refractivity contribution in [1.82, 2.24) is 19.5 Å². The van der Waals surface area contributed by atoms with Crippen LogP contribution in [0.4, 0.5) is 5.82 Å². The third-order valence-corrected chi connectivity index (χ3v) is 5.31. The molecule has 0 aliphatic carbocycles. The number of imidazole rings is 1. The number of nitrogens with zero attached hydrogens (tertiary/aromatic N) is 4. The van der Waals surface area contributed by atoms with E-state index in [1.54, 1.807) is 0 Å². The standard InChI is InChI=1S/C14H20N5O6P/c1-6(2)3-8-17-12(15)9-13(18-8)19(5-16-9)14-10(20)11-7(24-14)4-23-26(21,22)25-11/h5-7,10-11,14,20H,3-4H2,1-2H3,(H,21,22)(H2,15,17,18)/t7-,10-,11-,14-/m1/s1. The van der Waals surface area contributed by atoms with E-state index in [2.05, 4.69) is 15.0 Å². The lowest BCUT2D eigenvalue weighted by Gasteiger charge is -2.27. The van der Waals surface area contributed by atoms with Gasteiger partial charge in [-0.1, -0.05) is 13.8 Å². The number of ether oxygens (including phenoxy) is 1. The molecule has 0 saturated carbocycles. The summed E-state index contributed by atoms with van der Waals surface area (Å²) in [6.07, 6.45) is -1.70. The highest BCUT2D eigenvalue weighted by atomic mass is 31.2. The minimum absolute atomic E-state index is 0.158. The van der Waals surface area contributed by atoms with E-state index in [-0.39, 0.29) is 12.4 Å². The summed E-state index contributed by atoms with van der Waals surface area (Å²) in [4.78, 5) is 22.4. The van der Waals surface area contributed by atoms with Gasteiger partial charge in [0.05, 0.1) is 12.9 Å². The minimum Gasteiger partial charge on any atom is -0.386 e. The van der Waals surface area contributed by atoms with Crippen molar-refractivity contribution in [1.29, 1.82) is 0 Å². The van der Waals surface area contributed by atoms with Crippen LogP contribution >= 0.6 is 7.82 Å². The second kappa shape index (κ2) is 6.22. The third kappa shape index (κ3) is 3.00. The van der Waals surface area contributed by atoms with Gasteiger partial charge in [-0.2, -0.15) is 0 Å². The molecular weight excluding hydrogens is 365 g/mol. The van der Waals surface area contributed by atoms with Crippen molar-refractivity contribution in [2.45, 2.75) is 44.8 Å². The number of aromatic nitrogens is 4. The number of rotatable bonds is 3. The quantitative estimate of drug-likeness (QED) is 0.631. The Kier molecular flexibility index (Phi) is 4.25. The number of phosphoric acid groups is 1. The largest absolute Gasteiger partial charge is 0.472 e. The van der Waals surface area contributed by atoms with Gasteiger partial charge in [-0.05, 0) is 5.92 Å². The highest BCUT2D eigenvalue weighted by molar-refractivity contribution is 7.47. The molecule has 0 bridgehead atoms. The Bertz CT molecular complexity index is 888. The van der Waals surface area contributed by atoms with Crippen molar-refractivity contribution in [2.75, 3.05) is 12.3 Å². The first kappa shape index (κ1) is 17.8. The summed E-state index contributed by atoms with van der Waals surface area (Å²) >= 11 is 0. The number of aliphatic hydroxyl groups excluding tert-OH is 1. The van der Waals surface area contributed by atoms with Gasteiger partial charge in [-0.15, -0.1) is 0 Å². The highest BCUT2D eigenvalue weighted by Gasteiger charge is 2.52. The van der Waals surface area contributed by atoms with Crippen LogP contribution in [-0.2, 0) is 24.8 Å². The van der Waals surface area contributed by atoms with Crippen LogP contribution in [0, 0.1) is 5.92 Å². The Labute approximate surface area is 148 Å². The molecule has 1 unspecified atom stereocenters. The molecule has 4 heterocycles. The topological polar surface area (TPSA) is 155 Å². The van der Waals surface area contributed by atoms with Gasteiger partial charge in [0.1, 0.15) is 29.7 Å². The number of nitrogen functional groups attached to an aromatic ring is 1. The van der Waals surface area contributed by atoms with Gasteiger partial charge < -0.3 is 20.5 Å². The Balaban J connectivity index is 1.71. The molecule has 2 aliphatic heterocycles. The average Bonchev–Trinajstić information content (AvgIpc) is 3.08. The van der Waals surface area contributed by atoms with Crippen LogP contribution in [0.3, 0.4) is 0 Å². The third-order valence-electron chi connectivity index (χ3n) is 4.33. The number of fused-ring (bicyclic) bond motifs is 2. The number of phosphoric ester groups is 1. The SMILES string of the molecule is CC(C)Cc1nc(N)c2ncn([C@@H]3O[C@@H]4COP(=O)(O)O[C@H]4[C@H]3O)c2n1. The molecule has 0 aromatic carbocycles. The van der Waals surface area contributed by atoms with Crippen LogP contribution in [0.2, 0.25) is 0 Å². The van der Waals surface area contributed by atoms with Gasteiger partial charge in [-0.3, -0.25) is 13.6 Å². The maximum Gasteiger partial charge on any atom is 0.472 e. The fourth-order valence-corrected chi connectivity index (χ4v) is 4.16. The van der Waals surface area contributed by atoms with Gasteiger partial charge in [0.25, 0.3) is 0 Å². The van der Waals surface area contributed by atoms with Gasteiger partial charge >= 0.3 is 7.82 Å². The molecular formula is C14H20N5O6P. The Morgan fingerprint density at radius 2 is 2.23 bits per heavy atom. The van der Waals surface area contributed by atoms with Gasteiger partial charge in [0.2, 0.25) is 0 Å². The van der Waals surface area contributed by atoms with Crippen LogP contribution in [0.15, 0.2) is 6.33 Å². The second-order valence-electron chi connectivity index (χ2n) is 6.84. The molecule has 26 heavy (non-hydrogen) atoms. The van der Waals surface area contributed by atoms with Crippen molar-refractivity contribution < 1.29 is 28.3 Å². The van der Waals surface area contributed by atoms with E-state index < -0.39 is 32.4 Å². The van der Waals surface area contributed by atoms with E-state index in [0.717, 1.165) is 0 Å². The Hall–Kier alpha value is -1.62. The smallest absolute Gasteiger partial charge is 0.386 e. The zero-order valence-electron chi connectivity index (χ0n) is 14.2. The zero-order valence-corrected chi connectivity index (χ0v) is 15.1. The number of aliphatic hydroxyl groups is 1. The summed E-state index contributed by atoms with van der Waals surface area (Å²) in [5, 5.41) is 10.6. The van der Waals surface area contributed by atoms with Crippen LogP contribution in [0.25, 0.3) is 11.2 Å². The highest BCUT2D eigenvalue weighted by Crippen LogP contribution is 2.52. The predicted octanol–water partition coefficient (Wildman–Crippen LogP) is 0.381. The van der Waals surface area contributed by atoms with Crippen molar-refractivity contribution >= 4 is 24.8 Å². The van der Waals surface area contributed by atoms with Gasteiger partial charge in [-0.25, -0.2) is 19.5 Å². The normalized spacial score (nSPS) is 34.5. The number of hydrogen-bond donors (Lipinski definition) is 3. The van der Waals surface area contributed by atoms with E-state index >= 15 is 0 Å². The fraction of sp³-hybridized carbons (Fsp3) is 0.643. The van der Waals surface area contributed by atoms with Crippen molar-refractivity contribution in [3.63, 3.8) is 0 Å². The van der Waals surface area contributed by atoms with Crippen LogP contribution in [-0.4, -0.2) is 54.4 Å². The molecule has 0 radical (unpaired) electrons. The maximum absolute atomic E-state index is 11.6. The van der Waals surface area contributed by atoms with E-state index in [9.17, 15) is 14.6 Å². The molecule has 2 fully saturated rings. The average molecular weight is 385 g/mol. The summed E-state index contributed by atoms with van der Waals surface area (Å²) in [6, 6.07) is 0. The number of nitrogens with two attached hydrogens (primary N) is 1. The Morgan fingerprint density at radius 1 is 1.46 bits per heavy atom. The molecule has 5 atom stereocenters. The Morgan fingerprint density at radius 3 is 2.96 bits per heavy atom. The summed E-state index contributed by atoms with van der Waals surface area (Å²) in [5.41, 5.74) is 6.80. The molecule has 4 N–H and O–H groups in total. The summed E-state index contributed by atoms with van der Waals surface area (Å²) in [7, 11) is -4.19. The molecule has 4 rings (SSSR count). The fourth-order valence-electron chi connectivity index (χ4n) is 3.19. The first-order valence-corrected chi connectivity index (χ1v) is 9.73. The first-order chi connectivity index (χ1) is 12.2. The summed E-state index contributed by atoms with van der Waals surface area (Å²) in [5.74, 6) is 1.15. The van der Waals surface area contributed by atoms with E-state index in [1.807, 2.05) is 13.8 Å². The molecule has 0 amide bonds. The van der Waals surface area contributed by atoms with Crippen LogP contribution < -0.4 is 5.73 Å². The zero-order chi connectivity index (χ0) is 18.6. The van der Waals surface area contributed by atoms with Crippen molar-refractivity contribution in [2.24, 2.45) is 5.92 Å². The monoisotopic (exact) mass is 385 g/mol. The van der Waals surface area contributed by atoms with E-state index in [1.165, 1.54) is 10.9 Å². The van der Waals surface area contributed by atoms with E-state index in [4.69, 9.17) is 19.5 Å². The van der Waals surface area contributed by atoms with Gasteiger partial charge in [0.15, 0.2) is 17.7 Å². The van der Waals surface area contributed by atoms with Crippen LogP contribution in [0.1, 0.15) is 25.9 Å². The van der Waals surface area contributed by atoms with Crippen molar-refractivity contribution in [3.8, 4) is 0 Å². The second-order valence-corrected chi connectivity index (χ2v) is 8.24. The molecule has 2 aromatic rings. The van der Waals surface area contributed by atoms with Crippen molar-refractivity contribution in [3.05, 3.63) is 12.2 Å². The lowest BCUT2D eigenvalue weighted by molar-refractivity contribution is -0.0664. The molecule has 0 spiro atoms. The molecule has 11 nitrogen and oxygen atoms in total. The summed E-state index contributed by atoms with van der Waals surface area (Å²) in [6.45, 7) is 3.93. The van der Waals surface area contributed by atoms with Crippen LogP contribution in [0.5, 0.6) is 0 Å². The lowest BCUT2D eigenvalue weighted by atomic mass is 10.1. The molecule has 142 valence electrons. The maximum atomic E-state index is 11.6. The molecule has 2 aromatic heterocycles. The van der Waals surface area contributed by atoms with E-state index in [0.29, 0.717) is 29.3 Å². The first-order valence-electron chi connectivity index (χ1n) is 8.23. The lowest BCUT2D eigenvalue weighted by Crippen LogP contribution is -2.39. The molecule has 12 heteroatoms. The molecule has 2 saturated heterocycles. The molecule has 2 aliphatic rings. The number of hydrogen-bond acceptors (Lipinski definition) is 9. The summed E-state index contributed by atoms with van der Waals surface area (Å²) < 4.78 is 28.6. The number of anilines is 1. The minimum atomic E-state index is -4.19. The predicted molar refractivity (Wildman–Crippen MR) is 88.8 cm³/mol.